The van der Waals surface area contributed by atoms with Crippen molar-refractivity contribution >= 4 is 28.5 Å². The van der Waals surface area contributed by atoms with Crippen molar-refractivity contribution in [1.29, 1.82) is 0 Å². The number of nitrogens with zero attached hydrogens (tertiary/aromatic N) is 3. The molecule has 0 radical (unpaired) electrons. The molecule has 0 aliphatic heterocycles. The smallest absolute Gasteiger partial charge is 0.248 e. The van der Waals surface area contributed by atoms with E-state index < -0.39 is 0 Å². The van der Waals surface area contributed by atoms with Crippen LogP contribution in [0.25, 0.3) is 11.2 Å². The number of nitrogens with two attached hydrogens (primary N) is 1. The molecule has 0 aliphatic rings. The van der Waals surface area contributed by atoms with Gasteiger partial charge in [-0.2, -0.15) is 4.98 Å². The molecule has 6 nitrogen and oxygen atoms in total. The molecule has 3 rings (SSSR count). The number of hydrogen-bond acceptors (Lipinski definition) is 5. The molecule has 0 unspecified atom stereocenters. The number of nitrogens with one attached hydrogen (secondary N) is 1. The standard InChI is InChI=1S/C11H8ClN5O/c12-7-2-1-6(13)3-8(7)18-11-9-10(15-4-14-9)16-5-17-11/h1-5H,13H2,(H,14,15,16,17). The van der Waals surface area contributed by atoms with Crippen molar-refractivity contribution in [3.05, 3.63) is 35.9 Å². The van der Waals surface area contributed by atoms with Gasteiger partial charge in [-0.1, -0.05) is 11.6 Å². The van der Waals surface area contributed by atoms with Gasteiger partial charge in [0, 0.05) is 11.8 Å². The summed E-state index contributed by atoms with van der Waals surface area (Å²) in [4.78, 5) is 15.0. The average Bonchev–Trinajstić information content (AvgIpc) is 2.83. The zero-order chi connectivity index (χ0) is 12.5. The van der Waals surface area contributed by atoms with Gasteiger partial charge in [0.1, 0.15) is 17.6 Å². The maximum Gasteiger partial charge on any atom is 0.248 e. The van der Waals surface area contributed by atoms with E-state index in [4.69, 9.17) is 22.1 Å². The van der Waals surface area contributed by atoms with E-state index in [-0.39, 0.29) is 0 Å². The lowest BCUT2D eigenvalue weighted by atomic mass is 10.3. The summed E-state index contributed by atoms with van der Waals surface area (Å²) in [5, 5.41) is 0.454. The van der Waals surface area contributed by atoms with Gasteiger partial charge in [0.2, 0.25) is 5.88 Å². The maximum atomic E-state index is 6.02. The highest BCUT2D eigenvalue weighted by molar-refractivity contribution is 6.32. The first kappa shape index (κ1) is 10.8. The maximum absolute atomic E-state index is 6.02. The number of H-pyrrole nitrogens is 1. The molecule has 2 aromatic heterocycles. The fraction of sp³-hybridized carbons (Fsp3) is 0. The van der Waals surface area contributed by atoms with Gasteiger partial charge in [-0.25, -0.2) is 9.97 Å². The molecular formula is C11H8ClN5O. The number of ether oxygens (including phenoxy) is 1. The molecule has 2 heterocycles. The number of aromatic nitrogens is 4. The number of aromatic amines is 1. The Bertz CT molecular complexity index is 711. The first-order chi connectivity index (χ1) is 8.74. The van der Waals surface area contributed by atoms with E-state index >= 15 is 0 Å². The van der Waals surface area contributed by atoms with Gasteiger partial charge < -0.3 is 15.5 Å². The van der Waals surface area contributed by atoms with Crippen molar-refractivity contribution in [2.45, 2.75) is 0 Å². The Morgan fingerprint density at radius 2 is 2.11 bits per heavy atom. The summed E-state index contributed by atoms with van der Waals surface area (Å²) in [5.74, 6) is 0.788. The number of rotatable bonds is 2. The fourth-order valence-electron chi connectivity index (χ4n) is 1.52. The Morgan fingerprint density at radius 1 is 1.22 bits per heavy atom. The third-order valence-electron chi connectivity index (χ3n) is 2.35. The number of nitrogen functional groups attached to an aromatic ring is 1. The van der Waals surface area contributed by atoms with Crippen molar-refractivity contribution in [3.8, 4) is 11.6 Å². The predicted molar refractivity (Wildman–Crippen MR) is 67.6 cm³/mol. The molecule has 0 atom stereocenters. The van der Waals surface area contributed by atoms with Crippen molar-refractivity contribution in [2.24, 2.45) is 0 Å². The number of halogens is 1. The zero-order valence-corrected chi connectivity index (χ0v) is 9.85. The van der Waals surface area contributed by atoms with Crippen molar-refractivity contribution < 1.29 is 4.74 Å². The molecule has 0 aliphatic carbocycles. The van der Waals surface area contributed by atoms with Gasteiger partial charge in [-0.3, -0.25) is 0 Å². The fourth-order valence-corrected chi connectivity index (χ4v) is 1.68. The summed E-state index contributed by atoms with van der Waals surface area (Å²) in [5.41, 5.74) is 7.38. The van der Waals surface area contributed by atoms with Crippen LogP contribution in [0.2, 0.25) is 5.02 Å². The van der Waals surface area contributed by atoms with Crippen LogP contribution in [-0.4, -0.2) is 19.9 Å². The Hall–Kier alpha value is -2.34. The highest BCUT2D eigenvalue weighted by atomic mass is 35.5. The zero-order valence-electron chi connectivity index (χ0n) is 9.09. The molecule has 0 amide bonds. The highest BCUT2D eigenvalue weighted by Gasteiger charge is 2.10. The Morgan fingerprint density at radius 3 is 3.00 bits per heavy atom. The largest absolute Gasteiger partial charge is 0.435 e. The number of imidazole rings is 1. The van der Waals surface area contributed by atoms with Crippen molar-refractivity contribution in [1.82, 2.24) is 19.9 Å². The monoisotopic (exact) mass is 261 g/mol. The van der Waals surface area contributed by atoms with Crippen molar-refractivity contribution in [3.63, 3.8) is 0 Å². The van der Waals surface area contributed by atoms with Crippen LogP contribution in [0.3, 0.4) is 0 Å². The van der Waals surface area contributed by atoms with Crippen LogP contribution in [-0.2, 0) is 0 Å². The van der Waals surface area contributed by atoms with Crippen LogP contribution in [0.15, 0.2) is 30.9 Å². The minimum absolute atomic E-state index is 0.352. The molecule has 0 fully saturated rings. The normalized spacial score (nSPS) is 10.7. The van der Waals surface area contributed by atoms with Crippen LogP contribution >= 0.6 is 11.6 Å². The predicted octanol–water partition coefficient (Wildman–Crippen LogP) is 2.38. The summed E-state index contributed by atoms with van der Waals surface area (Å²) in [6.07, 6.45) is 2.89. The second-order valence-electron chi connectivity index (χ2n) is 3.57. The van der Waals surface area contributed by atoms with Crippen LogP contribution < -0.4 is 10.5 Å². The van der Waals surface area contributed by atoms with E-state index in [1.54, 1.807) is 18.2 Å². The summed E-state index contributed by atoms with van der Waals surface area (Å²) < 4.78 is 5.63. The van der Waals surface area contributed by atoms with E-state index in [2.05, 4.69) is 19.9 Å². The molecule has 3 aromatic rings. The highest BCUT2D eigenvalue weighted by Crippen LogP contribution is 2.31. The third-order valence-corrected chi connectivity index (χ3v) is 2.66. The van der Waals surface area contributed by atoms with E-state index in [9.17, 15) is 0 Å². The molecule has 0 saturated heterocycles. The molecule has 7 heteroatoms. The molecule has 1 aromatic carbocycles. The summed E-state index contributed by atoms with van der Waals surface area (Å²) in [7, 11) is 0. The molecule has 18 heavy (non-hydrogen) atoms. The van der Waals surface area contributed by atoms with E-state index in [1.807, 2.05) is 0 Å². The molecule has 0 spiro atoms. The van der Waals surface area contributed by atoms with Crippen LogP contribution in [0.1, 0.15) is 0 Å². The first-order valence-corrected chi connectivity index (χ1v) is 5.49. The lowest BCUT2D eigenvalue weighted by Gasteiger charge is -2.07. The minimum Gasteiger partial charge on any atom is -0.435 e. The molecule has 0 bridgehead atoms. The number of benzene rings is 1. The Kier molecular flexibility index (Phi) is 2.49. The van der Waals surface area contributed by atoms with E-state index in [0.29, 0.717) is 33.5 Å². The second-order valence-corrected chi connectivity index (χ2v) is 3.98. The number of fused-ring (bicyclic) bond motifs is 1. The third kappa shape index (κ3) is 1.82. The molecule has 90 valence electrons. The van der Waals surface area contributed by atoms with E-state index in [0.717, 1.165) is 0 Å². The van der Waals surface area contributed by atoms with Crippen LogP contribution in [0.4, 0.5) is 5.69 Å². The van der Waals surface area contributed by atoms with Gasteiger partial charge in [-0.15, -0.1) is 0 Å². The summed E-state index contributed by atoms with van der Waals surface area (Å²) >= 11 is 6.02. The van der Waals surface area contributed by atoms with E-state index in [1.165, 1.54) is 12.7 Å². The quantitative estimate of drug-likeness (QED) is 0.691. The van der Waals surface area contributed by atoms with Crippen molar-refractivity contribution in [2.75, 3.05) is 5.73 Å². The summed E-state index contributed by atoms with van der Waals surface area (Å²) in [6.45, 7) is 0. The molecular weight excluding hydrogens is 254 g/mol. The van der Waals surface area contributed by atoms with Gasteiger partial charge in [0.25, 0.3) is 0 Å². The Balaban J connectivity index is 2.06. The second kappa shape index (κ2) is 4.15. The number of anilines is 1. The van der Waals surface area contributed by atoms with Gasteiger partial charge >= 0.3 is 0 Å². The lowest BCUT2D eigenvalue weighted by molar-refractivity contribution is 0.467. The van der Waals surface area contributed by atoms with Gasteiger partial charge in [0.05, 0.1) is 11.3 Å². The van der Waals surface area contributed by atoms with Gasteiger partial charge in [0.15, 0.2) is 5.65 Å². The molecule has 0 saturated carbocycles. The van der Waals surface area contributed by atoms with Crippen LogP contribution in [0.5, 0.6) is 11.6 Å². The SMILES string of the molecule is Nc1ccc(Cl)c(Oc2ncnc3nc[nH]c23)c1. The number of hydrogen-bond donors (Lipinski definition) is 2. The first-order valence-electron chi connectivity index (χ1n) is 5.11. The summed E-state index contributed by atoms with van der Waals surface area (Å²) in [6, 6.07) is 4.99. The van der Waals surface area contributed by atoms with Gasteiger partial charge in [-0.05, 0) is 12.1 Å². The Labute approximate surface area is 107 Å². The van der Waals surface area contributed by atoms with Crippen LogP contribution in [0, 0.1) is 0 Å². The topological polar surface area (TPSA) is 89.7 Å². The average molecular weight is 262 g/mol. The minimum atomic E-state index is 0.352. The molecule has 3 N–H and O–H groups in total. The lowest BCUT2D eigenvalue weighted by Crippen LogP contribution is -1.93.